The Bertz CT molecular complexity index is 1050. The van der Waals surface area contributed by atoms with Gasteiger partial charge in [-0.3, -0.25) is 9.78 Å². The predicted octanol–water partition coefficient (Wildman–Crippen LogP) is 3.02. The topological polar surface area (TPSA) is 114 Å². The number of aromatic nitrogens is 3. The summed E-state index contributed by atoms with van der Waals surface area (Å²) in [4.78, 5) is 15.5. The number of carbonyl (C=O) groups is 1. The average molecular weight is 393 g/mol. The van der Waals surface area contributed by atoms with E-state index in [-0.39, 0.29) is 22.5 Å². The summed E-state index contributed by atoms with van der Waals surface area (Å²) < 4.78 is 14.2. The minimum atomic E-state index is -0.700. The van der Waals surface area contributed by atoms with Gasteiger partial charge in [0.25, 0.3) is 5.91 Å². The van der Waals surface area contributed by atoms with Gasteiger partial charge in [-0.15, -0.1) is 10.2 Å². The summed E-state index contributed by atoms with van der Waals surface area (Å²) >= 11 is 0. The molecule has 1 amide bonds. The highest BCUT2D eigenvalue weighted by Crippen LogP contribution is 2.43. The Morgan fingerprint density at radius 1 is 1.21 bits per heavy atom. The Hall–Kier alpha value is -3.55. The highest BCUT2D eigenvalue weighted by atomic mass is 19.1. The maximum atomic E-state index is 14.2. The van der Waals surface area contributed by atoms with Crippen LogP contribution in [0.2, 0.25) is 0 Å². The lowest BCUT2D eigenvalue weighted by atomic mass is 9.66. The normalized spacial score (nSPS) is 14.8. The fraction of sp³-hybridized carbons (Fsp3) is 0.238. The number of pyridine rings is 1. The number of halogens is 1. The summed E-state index contributed by atoms with van der Waals surface area (Å²) in [5.41, 5.74) is 6.55. The van der Waals surface area contributed by atoms with E-state index in [0.717, 1.165) is 19.3 Å². The molecule has 0 unspecified atom stereocenters. The molecule has 1 fully saturated rings. The molecule has 0 saturated heterocycles. The van der Waals surface area contributed by atoms with Gasteiger partial charge in [-0.1, -0.05) is 12.5 Å². The van der Waals surface area contributed by atoms with E-state index in [4.69, 9.17) is 5.73 Å². The monoisotopic (exact) mass is 393 g/mol. The third-order valence-corrected chi connectivity index (χ3v) is 5.40. The van der Waals surface area contributed by atoms with E-state index in [1.807, 2.05) is 0 Å². The third-order valence-electron chi connectivity index (χ3n) is 5.40. The molecule has 0 aliphatic heterocycles. The number of benzene rings is 1. The molecule has 0 atom stereocenters. The molecule has 8 heteroatoms. The summed E-state index contributed by atoms with van der Waals surface area (Å²) in [5, 5.41) is 21.5. The molecule has 4 rings (SSSR count). The van der Waals surface area contributed by atoms with Crippen LogP contribution in [-0.2, 0) is 5.41 Å². The number of carbonyl (C=O) groups excluding carboxylic acids is 1. The van der Waals surface area contributed by atoms with E-state index in [1.54, 1.807) is 30.5 Å². The van der Waals surface area contributed by atoms with Crippen molar-refractivity contribution in [1.82, 2.24) is 15.2 Å². The molecule has 1 saturated carbocycles. The zero-order valence-electron chi connectivity index (χ0n) is 15.6. The first-order chi connectivity index (χ1) is 14.0. The van der Waals surface area contributed by atoms with Crippen molar-refractivity contribution in [3.8, 4) is 17.0 Å². The van der Waals surface area contributed by atoms with Crippen molar-refractivity contribution < 1.29 is 14.3 Å². The molecule has 148 valence electrons. The van der Waals surface area contributed by atoms with E-state index in [0.29, 0.717) is 29.3 Å². The van der Waals surface area contributed by atoms with Crippen molar-refractivity contribution in [3.63, 3.8) is 0 Å². The van der Waals surface area contributed by atoms with Gasteiger partial charge in [-0.2, -0.15) is 0 Å². The maximum Gasteiger partial charge on any atom is 0.252 e. The fourth-order valence-corrected chi connectivity index (χ4v) is 3.62. The van der Waals surface area contributed by atoms with Gasteiger partial charge in [0.05, 0.1) is 17.0 Å². The Kier molecular flexibility index (Phi) is 4.84. The Morgan fingerprint density at radius 3 is 2.62 bits per heavy atom. The highest BCUT2D eigenvalue weighted by molar-refractivity contribution is 5.96. The summed E-state index contributed by atoms with van der Waals surface area (Å²) in [6, 6.07) is 11.1. The van der Waals surface area contributed by atoms with Gasteiger partial charge < -0.3 is 16.2 Å². The number of aromatic hydroxyl groups is 1. The summed E-state index contributed by atoms with van der Waals surface area (Å²) in [6.07, 6.45) is 4.38. The molecular formula is C21H20FN5O2. The average Bonchev–Trinajstić information content (AvgIpc) is 2.68. The SMILES string of the molecule is NC(=O)c1ccc(-c2ccc(NCC3(c4ncccc4F)CCC3)nn2)cc1O. The highest BCUT2D eigenvalue weighted by Gasteiger charge is 2.41. The number of nitrogens with zero attached hydrogens (tertiary/aromatic N) is 3. The third kappa shape index (κ3) is 3.61. The lowest BCUT2D eigenvalue weighted by Crippen LogP contribution is -2.42. The first-order valence-electron chi connectivity index (χ1n) is 9.30. The van der Waals surface area contributed by atoms with Gasteiger partial charge in [-0.05, 0) is 49.2 Å². The zero-order chi connectivity index (χ0) is 20.4. The summed E-state index contributed by atoms with van der Waals surface area (Å²) in [7, 11) is 0. The first-order valence-corrected chi connectivity index (χ1v) is 9.30. The fourth-order valence-electron chi connectivity index (χ4n) is 3.62. The molecule has 2 heterocycles. The Balaban J connectivity index is 1.48. The van der Waals surface area contributed by atoms with Crippen molar-refractivity contribution >= 4 is 11.7 Å². The smallest absolute Gasteiger partial charge is 0.252 e. The minimum Gasteiger partial charge on any atom is -0.507 e. The predicted molar refractivity (Wildman–Crippen MR) is 106 cm³/mol. The number of phenols is 1. The molecule has 2 aromatic heterocycles. The summed E-state index contributed by atoms with van der Waals surface area (Å²) in [6.45, 7) is 0.517. The summed E-state index contributed by atoms with van der Waals surface area (Å²) in [5.74, 6) is -0.624. The Labute approximate surface area is 166 Å². The van der Waals surface area contributed by atoms with Crippen LogP contribution in [-0.4, -0.2) is 32.7 Å². The molecule has 1 aliphatic carbocycles. The van der Waals surface area contributed by atoms with Crippen molar-refractivity contribution in [1.29, 1.82) is 0 Å². The quantitative estimate of drug-likeness (QED) is 0.593. The molecule has 29 heavy (non-hydrogen) atoms. The second-order valence-corrected chi connectivity index (χ2v) is 7.22. The van der Waals surface area contributed by atoms with Crippen LogP contribution in [0.1, 0.15) is 35.3 Å². The van der Waals surface area contributed by atoms with Crippen molar-refractivity contribution in [3.05, 3.63) is 65.7 Å². The number of anilines is 1. The number of primary amides is 1. The van der Waals surface area contributed by atoms with Gasteiger partial charge in [0.15, 0.2) is 0 Å². The van der Waals surface area contributed by atoms with Crippen LogP contribution in [0.3, 0.4) is 0 Å². The second kappa shape index (κ2) is 7.46. The molecule has 7 nitrogen and oxygen atoms in total. The Morgan fingerprint density at radius 2 is 2.03 bits per heavy atom. The van der Waals surface area contributed by atoms with Gasteiger partial charge in [0.2, 0.25) is 0 Å². The van der Waals surface area contributed by atoms with Crippen molar-refractivity contribution in [2.24, 2.45) is 5.73 Å². The van der Waals surface area contributed by atoms with Crippen LogP contribution < -0.4 is 11.1 Å². The van der Waals surface area contributed by atoms with E-state index >= 15 is 0 Å². The number of hydrogen-bond donors (Lipinski definition) is 3. The van der Waals surface area contributed by atoms with Crippen LogP contribution in [0.25, 0.3) is 11.3 Å². The number of nitrogens with two attached hydrogens (primary N) is 1. The molecular weight excluding hydrogens is 373 g/mol. The number of rotatable bonds is 6. The van der Waals surface area contributed by atoms with Crippen LogP contribution in [0.5, 0.6) is 5.75 Å². The van der Waals surface area contributed by atoms with Crippen LogP contribution in [0.4, 0.5) is 10.2 Å². The second-order valence-electron chi connectivity index (χ2n) is 7.22. The molecule has 0 radical (unpaired) electrons. The molecule has 0 spiro atoms. The van der Waals surface area contributed by atoms with Gasteiger partial charge in [0.1, 0.15) is 17.4 Å². The van der Waals surface area contributed by atoms with Crippen molar-refractivity contribution in [2.75, 3.05) is 11.9 Å². The lowest BCUT2D eigenvalue weighted by Gasteiger charge is -2.41. The lowest BCUT2D eigenvalue weighted by molar-refractivity contribution is 0.0998. The van der Waals surface area contributed by atoms with Gasteiger partial charge in [-0.25, -0.2) is 4.39 Å². The van der Waals surface area contributed by atoms with Crippen LogP contribution >= 0.6 is 0 Å². The number of amides is 1. The number of hydrogen-bond acceptors (Lipinski definition) is 6. The first kappa shape index (κ1) is 18.8. The van der Waals surface area contributed by atoms with Crippen LogP contribution in [0.15, 0.2) is 48.7 Å². The molecule has 1 aromatic carbocycles. The molecule has 0 bridgehead atoms. The van der Waals surface area contributed by atoms with Crippen LogP contribution in [0, 0.1) is 5.82 Å². The zero-order valence-corrected chi connectivity index (χ0v) is 15.6. The van der Waals surface area contributed by atoms with E-state index < -0.39 is 5.91 Å². The van der Waals surface area contributed by atoms with E-state index in [9.17, 15) is 14.3 Å². The van der Waals surface area contributed by atoms with Gasteiger partial charge in [0, 0.05) is 23.7 Å². The number of nitrogens with one attached hydrogen (secondary N) is 1. The van der Waals surface area contributed by atoms with Gasteiger partial charge >= 0.3 is 0 Å². The standard InChI is InChI=1S/C21H20FN5O2/c22-15-3-1-10-24-19(15)21(8-2-9-21)12-25-18-7-6-16(26-27-18)13-4-5-14(20(23)29)17(28)11-13/h1,3-7,10-11,28H,2,8-9,12H2,(H2,23,29)(H,25,27). The minimum absolute atomic E-state index is 0.0487. The molecule has 3 aromatic rings. The molecule has 1 aliphatic rings. The molecule has 4 N–H and O–H groups in total. The maximum absolute atomic E-state index is 14.2. The van der Waals surface area contributed by atoms with E-state index in [1.165, 1.54) is 18.2 Å². The largest absolute Gasteiger partial charge is 0.507 e. The van der Waals surface area contributed by atoms with Crippen molar-refractivity contribution in [2.45, 2.75) is 24.7 Å². The van der Waals surface area contributed by atoms with E-state index in [2.05, 4.69) is 20.5 Å².